The Balaban J connectivity index is 1.64. The molecule has 1 saturated heterocycles. The fraction of sp³-hybridized carbons (Fsp3) is 0.192. The zero-order valence-corrected chi connectivity index (χ0v) is 19.3. The summed E-state index contributed by atoms with van der Waals surface area (Å²) in [6.45, 7) is 4.94. The molecule has 1 aliphatic heterocycles. The third-order valence-electron chi connectivity index (χ3n) is 6.23. The van der Waals surface area contributed by atoms with Crippen LogP contribution in [0.5, 0.6) is 0 Å². The minimum absolute atomic E-state index is 0.215. The maximum atomic E-state index is 15.0. The fourth-order valence-corrected chi connectivity index (χ4v) is 4.96. The van der Waals surface area contributed by atoms with Crippen molar-refractivity contribution in [3.63, 3.8) is 0 Å². The van der Waals surface area contributed by atoms with E-state index >= 15 is 0 Å². The Labute approximate surface area is 197 Å². The molecule has 0 bridgehead atoms. The number of nitrogens with zero attached hydrogens (tertiary/aromatic N) is 4. The van der Waals surface area contributed by atoms with Crippen molar-refractivity contribution in [2.45, 2.75) is 32.5 Å². The Kier molecular flexibility index (Phi) is 5.64. The summed E-state index contributed by atoms with van der Waals surface area (Å²) in [6, 6.07) is 18.4. The molecule has 0 unspecified atom stereocenters. The Morgan fingerprint density at radius 1 is 1.00 bits per heavy atom. The van der Waals surface area contributed by atoms with E-state index in [2.05, 4.69) is 39.8 Å². The predicted molar refractivity (Wildman–Crippen MR) is 132 cm³/mol. The lowest BCUT2D eigenvalue weighted by Gasteiger charge is -2.28. The predicted octanol–water partition coefficient (Wildman–Crippen LogP) is 5.26. The van der Waals surface area contributed by atoms with Gasteiger partial charge in [0.05, 0.1) is 23.5 Å². The van der Waals surface area contributed by atoms with Crippen LogP contribution >= 0.6 is 12.2 Å². The first-order valence-corrected chi connectivity index (χ1v) is 11.3. The number of anilines is 1. The molecule has 2 atom stereocenters. The van der Waals surface area contributed by atoms with Gasteiger partial charge in [0.1, 0.15) is 5.82 Å². The molecule has 1 N–H and O–H groups in total. The van der Waals surface area contributed by atoms with E-state index in [-0.39, 0.29) is 17.9 Å². The van der Waals surface area contributed by atoms with Gasteiger partial charge in [-0.1, -0.05) is 18.2 Å². The number of benzene rings is 1. The molecule has 1 fully saturated rings. The zero-order valence-electron chi connectivity index (χ0n) is 18.4. The number of hydrogen-bond donors (Lipinski definition) is 1. The van der Waals surface area contributed by atoms with Crippen molar-refractivity contribution >= 4 is 23.0 Å². The van der Waals surface area contributed by atoms with Crippen molar-refractivity contribution in [2.24, 2.45) is 0 Å². The number of pyridine rings is 2. The number of halogens is 1. The van der Waals surface area contributed by atoms with Crippen LogP contribution in [0.1, 0.15) is 40.3 Å². The van der Waals surface area contributed by atoms with Gasteiger partial charge < -0.3 is 14.8 Å². The van der Waals surface area contributed by atoms with E-state index in [1.165, 1.54) is 11.6 Å². The van der Waals surface area contributed by atoms with Crippen LogP contribution in [0.3, 0.4) is 0 Å². The molecule has 5 rings (SSSR count). The van der Waals surface area contributed by atoms with Gasteiger partial charge in [0.2, 0.25) is 0 Å². The molecule has 4 aromatic rings. The second-order valence-corrected chi connectivity index (χ2v) is 8.60. The van der Waals surface area contributed by atoms with E-state index in [1.807, 2.05) is 41.3 Å². The highest BCUT2D eigenvalue weighted by Gasteiger charge is 2.43. The number of aryl methyl sites for hydroxylation is 1. The number of hydrogen-bond acceptors (Lipinski definition) is 3. The molecule has 0 amide bonds. The number of aromatic nitrogens is 3. The van der Waals surface area contributed by atoms with Crippen molar-refractivity contribution in [2.75, 3.05) is 4.90 Å². The average Bonchev–Trinajstić information content (AvgIpc) is 3.31. The molecule has 0 spiro atoms. The van der Waals surface area contributed by atoms with Crippen LogP contribution in [-0.4, -0.2) is 19.6 Å². The van der Waals surface area contributed by atoms with Crippen molar-refractivity contribution in [3.05, 3.63) is 113 Å². The third-order valence-corrected chi connectivity index (χ3v) is 6.55. The summed E-state index contributed by atoms with van der Waals surface area (Å²) in [7, 11) is 0. The summed E-state index contributed by atoms with van der Waals surface area (Å²) < 4.78 is 17.2. The standard InChI is InChI=1S/C26H24FN5S/c1-17-15-20(18(2)31(17)16-19-10-13-28-14-11-19)25-24(22-8-5-6-12-29-22)30-26(33)32(25)23-9-4-3-7-21(23)27/h3-15,24-25H,16H2,1-2H3,(H,30,33)/t24-,25+/m0/s1. The molecule has 1 aliphatic rings. The second-order valence-electron chi connectivity index (χ2n) is 8.22. The molecule has 0 aliphatic carbocycles. The first-order chi connectivity index (χ1) is 16.0. The van der Waals surface area contributed by atoms with E-state index in [4.69, 9.17) is 12.2 Å². The van der Waals surface area contributed by atoms with Crippen LogP contribution in [0.4, 0.5) is 10.1 Å². The molecule has 166 valence electrons. The molecular weight excluding hydrogens is 433 g/mol. The van der Waals surface area contributed by atoms with Gasteiger partial charge in [0.25, 0.3) is 0 Å². The Morgan fingerprint density at radius 2 is 1.76 bits per heavy atom. The molecule has 33 heavy (non-hydrogen) atoms. The highest BCUT2D eigenvalue weighted by molar-refractivity contribution is 7.80. The highest BCUT2D eigenvalue weighted by Crippen LogP contribution is 2.43. The van der Waals surface area contributed by atoms with E-state index in [9.17, 15) is 4.39 Å². The van der Waals surface area contributed by atoms with E-state index in [1.54, 1.807) is 30.7 Å². The molecular formula is C26H24FN5S. The van der Waals surface area contributed by atoms with Crippen LogP contribution < -0.4 is 10.2 Å². The van der Waals surface area contributed by atoms with Crippen molar-refractivity contribution in [3.8, 4) is 0 Å². The van der Waals surface area contributed by atoms with Crippen LogP contribution in [0.15, 0.2) is 79.3 Å². The quantitative estimate of drug-likeness (QED) is 0.414. The fourth-order valence-electron chi connectivity index (χ4n) is 4.62. The first-order valence-electron chi connectivity index (χ1n) is 10.9. The van der Waals surface area contributed by atoms with Gasteiger partial charge in [0, 0.05) is 36.5 Å². The Hall–Kier alpha value is -3.58. The summed E-state index contributed by atoms with van der Waals surface area (Å²) >= 11 is 5.73. The van der Waals surface area contributed by atoms with Crippen LogP contribution in [0, 0.1) is 19.7 Å². The number of thiocarbonyl (C=S) groups is 1. The van der Waals surface area contributed by atoms with Gasteiger partial charge in [-0.25, -0.2) is 4.39 Å². The second kappa shape index (κ2) is 8.75. The lowest BCUT2D eigenvalue weighted by molar-refractivity contribution is 0.554. The monoisotopic (exact) mass is 457 g/mol. The van der Waals surface area contributed by atoms with E-state index in [0.717, 1.165) is 29.2 Å². The topological polar surface area (TPSA) is 46.0 Å². The van der Waals surface area contributed by atoms with Gasteiger partial charge in [-0.15, -0.1) is 0 Å². The van der Waals surface area contributed by atoms with Gasteiger partial charge in [-0.2, -0.15) is 0 Å². The number of nitrogens with one attached hydrogen (secondary N) is 1. The van der Waals surface area contributed by atoms with Crippen LogP contribution in [-0.2, 0) is 6.54 Å². The van der Waals surface area contributed by atoms with Gasteiger partial charge >= 0.3 is 0 Å². The summed E-state index contributed by atoms with van der Waals surface area (Å²) in [5.41, 5.74) is 5.83. The molecule has 5 nitrogen and oxygen atoms in total. The Morgan fingerprint density at radius 3 is 2.48 bits per heavy atom. The number of rotatable bonds is 5. The first kappa shape index (κ1) is 21.3. The van der Waals surface area contributed by atoms with Crippen molar-refractivity contribution < 1.29 is 4.39 Å². The summed E-state index contributed by atoms with van der Waals surface area (Å²) in [5.74, 6) is -0.307. The lowest BCUT2D eigenvalue weighted by atomic mass is 9.96. The molecule has 7 heteroatoms. The van der Waals surface area contributed by atoms with Crippen LogP contribution in [0.2, 0.25) is 0 Å². The van der Waals surface area contributed by atoms with Gasteiger partial charge in [0.15, 0.2) is 5.11 Å². The molecule has 0 radical (unpaired) electrons. The zero-order chi connectivity index (χ0) is 22.9. The molecule has 3 aromatic heterocycles. The molecule has 0 saturated carbocycles. The van der Waals surface area contributed by atoms with Gasteiger partial charge in [-0.3, -0.25) is 9.97 Å². The summed E-state index contributed by atoms with van der Waals surface area (Å²) in [4.78, 5) is 10.6. The van der Waals surface area contributed by atoms with Crippen LogP contribution in [0.25, 0.3) is 0 Å². The molecule has 4 heterocycles. The maximum Gasteiger partial charge on any atom is 0.174 e. The SMILES string of the molecule is Cc1cc([C@@H]2[C@H](c3ccccn3)NC(=S)N2c2ccccc2F)c(C)n1Cc1ccncc1. The van der Waals surface area contributed by atoms with E-state index < -0.39 is 0 Å². The molecule has 1 aromatic carbocycles. The van der Waals surface area contributed by atoms with Crippen molar-refractivity contribution in [1.82, 2.24) is 19.9 Å². The number of para-hydroxylation sites is 1. The maximum absolute atomic E-state index is 15.0. The average molecular weight is 458 g/mol. The summed E-state index contributed by atoms with van der Waals surface area (Å²) in [5, 5.41) is 3.90. The third kappa shape index (κ3) is 3.89. The normalized spacial score (nSPS) is 17.9. The highest BCUT2D eigenvalue weighted by atomic mass is 32.1. The Bertz CT molecular complexity index is 1290. The minimum atomic E-state index is -0.307. The van der Waals surface area contributed by atoms with Crippen molar-refractivity contribution in [1.29, 1.82) is 0 Å². The lowest BCUT2D eigenvalue weighted by Crippen LogP contribution is -2.30. The van der Waals surface area contributed by atoms with Gasteiger partial charge in [-0.05, 0) is 79.7 Å². The van der Waals surface area contributed by atoms with E-state index in [0.29, 0.717) is 10.8 Å². The summed E-state index contributed by atoms with van der Waals surface area (Å²) in [6.07, 6.45) is 5.39. The minimum Gasteiger partial charge on any atom is -0.351 e. The largest absolute Gasteiger partial charge is 0.351 e. The smallest absolute Gasteiger partial charge is 0.174 e.